The number of carbonyl (C=O) groups excluding carboxylic acids is 2. The molecule has 0 unspecified atom stereocenters. The number of nitrogens with zero attached hydrogens (tertiary/aromatic N) is 1. The zero-order valence-corrected chi connectivity index (χ0v) is 17.7. The van der Waals surface area contributed by atoms with Crippen LogP contribution in [0.4, 0.5) is 4.79 Å². The number of hydrogen-bond donors (Lipinski definition) is 2. The van der Waals surface area contributed by atoms with E-state index in [-0.39, 0.29) is 43.5 Å². The third-order valence-corrected chi connectivity index (χ3v) is 6.99. The normalized spacial score (nSPS) is 22.1. The van der Waals surface area contributed by atoms with E-state index in [1.165, 1.54) is 22.3 Å². The van der Waals surface area contributed by atoms with Crippen molar-refractivity contribution in [1.29, 1.82) is 0 Å². The van der Waals surface area contributed by atoms with Crippen molar-refractivity contribution in [3.63, 3.8) is 0 Å². The van der Waals surface area contributed by atoms with Crippen molar-refractivity contribution in [2.45, 2.75) is 31.2 Å². The quantitative estimate of drug-likeness (QED) is 0.753. The zero-order valence-electron chi connectivity index (χ0n) is 17.7. The smallest absolute Gasteiger partial charge is 0.407 e. The van der Waals surface area contributed by atoms with Crippen LogP contribution in [0.1, 0.15) is 36.3 Å². The Morgan fingerprint density at radius 1 is 0.938 bits per heavy atom. The molecule has 7 nitrogen and oxygen atoms in total. The van der Waals surface area contributed by atoms with Crippen molar-refractivity contribution in [2.75, 3.05) is 19.7 Å². The van der Waals surface area contributed by atoms with E-state index in [2.05, 4.69) is 29.6 Å². The molecule has 2 aromatic rings. The molecule has 1 aliphatic heterocycles. The number of carbonyl (C=O) groups is 3. The van der Waals surface area contributed by atoms with Gasteiger partial charge in [-0.3, -0.25) is 9.59 Å². The molecule has 0 aromatic heterocycles. The topological polar surface area (TPSA) is 95.9 Å². The Balaban J connectivity index is 1.13. The van der Waals surface area contributed by atoms with Gasteiger partial charge in [-0.25, -0.2) is 4.79 Å². The maximum Gasteiger partial charge on any atom is 0.407 e. The first-order valence-corrected chi connectivity index (χ1v) is 11.1. The van der Waals surface area contributed by atoms with E-state index in [9.17, 15) is 14.4 Å². The van der Waals surface area contributed by atoms with Crippen LogP contribution < -0.4 is 5.32 Å². The minimum Gasteiger partial charge on any atom is -0.481 e. The van der Waals surface area contributed by atoms with Crippen LogP contribution in [0.15, 0.2) is 48.5 Å². The number of nitrogens with one attached hydrogen (secondary N) is 1. The third-order valence-electron chi connectivity index (χ3n) is 6.99. The minimum absolute atomic E-state index is 0.000614. The minimum atomic E-state index is -0.852. The highest BCUT2D eigenvalue weighted by Crippen LogP contribution is 2.44. The fraction of sp³-hybridized carbons (Fsp3) is 0.400. The van der Waals surface area contributed by atoms with E-state index in [1.807, 2.05) is 24.3 Å². The molecule has 0 spiro atoms. The highest BCUT2D eigenvalue weighted by atomic mass is 16.5. The lowest BCUT2D eigenvalue weighted by Crippen LogP contribution is -2.54. The van der Waals surface area contributed by atoms with E-state index in [4.69, 9.17) is 9.84 Å². The van der Waals surface area contributed by atoms with Gasteiger partial charge >= 0.3 is 12.1 Å². The van der Waals surface area contributed by atoms with Crippen LogP contribution in [0.2, 0.25) is 0 Å². The predicted octanol–water partition coefficient (Wildman–Crippen LogP) is 3.24. The van der Waals surface area contributed by atoms with Gasteiger partial charge in [0, 0.05) is 31.0 Å². The van der Waals surface area contributed by atoms with Gasteiger partial charge in [0.2, 0.25) is 5.91 Å². The molecule has 0 radical (unpaired) electrons. The number of aliphatic carboxylic acids is 1. The number of hydrogen-bond acceptors (Lipinski definition) is 4. The molecule has 32 heavy (non-hydrogen) atoms. The van der Waals surface area contributed by atoms with Gasteiger partial charge in [0.25, 0.3) is 0 Å². The van der Waals surface area contributed by atoms with Crippen LogP contribution in [-0.4, -0.2) is 53.7 Å². The molecule has 2 atom stereocenters. The average Bonchev–Trinajstić information content (AvgIpc) is 3.33. The number of rotatable bonds is 5. The Morgan fingerprint density at radius 3 is 2.19 bits per heavy atom. The molecule has 1 saturated carbocycles. The Morgan fingerprint density at radius 2 is 1.56 bits per heavy atom. The summed E-state index contributed by atoms with van der Waals surface area (Å²) in [6.07, 6.45) is 1.52. The second-order valence-electron chi connectivity index (χ2n) is 8.96. The molecule has 5 rings (SSSR count). The summed E-state index contributed by atoms with van der Waals surface area (Å²) in [5, 5.41) is 11.9. The van der Waals surface area contributed by atoms with Gasteiger partial charge in [0.1, 0.15) is 6.61 Å². The first-order chi connectivity index (χ1) is 15.5. The van der Waals surface area contributed by atoms with E-state index in [1.54, 1.807) is 4.90 Å². The van der Waals surface area contributed by atoms with Gasteiger partial charge in [-0.2, -0.15) is 0 Å². The maximum atomic E-state index is 12.5. The Hall–Kier alpha value is -3.35. The van der Waals surface area contributed by atoms with Crippen molar-refractivity contribution in [1.82, 2.24) is 10.2 Å². The van der Waals surface area contributed by atoms with Gasteiger partial charge in [-0.15, -0.1) is 0 Å². The average molecular weight is 434 g/mol. The summed E-state index contributed by atoms with van der Waals surface area (Å²) in [4.78, 5) is 37.6. The number of amides is 2. The van der Waals surface area contributed by atoms with Gasteiger partial charge in [-0.1, -0.05) is 48.5 Å². The second kappa shape index (κ2) is 8.30. The van der Waals surface area contributed by atoms with E-state index in [0.717, 1.165) is 6.42 Å². The third kappa shape index (κ3) is 3.72. The summed E-state index contributed by atoms with van der Waals surface area (Å²) in [6, 6.07) is 16.3. The molecule has 166 valence electrons. The molecule has 1 heterocycles. The molecular weight excluding hydrogens is 408 g/mol. The van der Waals surface area contributed by atoms with Gasteiger partial charge < -0.3 is 20.1 Å². The monoisotopic (exact) mass is 434 g/mol. The lowest BCUT2D eigenvalue weighted by Gasteiger charge is -2.38. The summed E-state index contributed by atoms with van der Waals surface area (Å²) >= 11 is 0. The molecule has 3 aliphatic rings. The van der Waals surface area contributed by atoms with Crippen molar-refractivity contribution >= 4 is 18.0 Å². The zero-order chi connectivity index (χ0) is 22.2. The number of fused-ring (bicyclic) bond motifs is 3. The fourth-order valence-electron chi connectivity index (χ4n) is 5.22. The number of ether oxygens (including phenoxy) is 1. The molecule has 2 amide bonds. The predicted molar refractivity (Wildman–Crippen MR) is 117 cm³/mol. The second-order valence-corrected chi connectivity index (χ2v) is 8.96. The summed E-state index contributed by atoms with van der Waals surface area (Å²) < 4.78 is 5.61. The molecule has 2 N–H and O–H groups in total. The van der Waals surface area contributed by atoms with Crippen LogP contribution in [0.25, 0.3) is 11.1 Å². The van der Waals surface area contributed by atoms with Crippen LogP contribution in [0.3, 0.4) is 0 Å². The molecule has 2 fully saturated rings. The first-order valence-electron chi connectivity index (χ1n) is 11.1. The lowest BCUT2D eigenvalue weighted by atomic mass is 9.96. The van der Waals surface area contributed by atoms with Crippen LogP contribution in [0, 0.1) is 11.8 Å². The van der Waals surface area contributed by atoms with Gasteiger partial charge in [-0.05, 0) is 41.5 Å². The number of benzene rings is 2. The van der Waals surface area contributed by atoms with Crippen molar-refractivity contribution in [3.8, 4) is 11.1 Å². The molecule has 7 heteroatoms. The van der Waals surface area contributed by atoms with E-state index < -0.39 is 18.0 Å². The fourth-order valence-corrected chi connectivity index (χ4v) is 5.22. The SMILES string of the molecule is O=C(N[C@@H]1CC[C@H](C(=O)N2CC(C(=O)O)C2)C1)OCC1c2ccccc2-c2ccccc21. The van der Waals surface area contributed by atoms with Gasteiger partial charge in [0.15, 0.2) is 0 Å². The lowest BCUT2D eigenvalue weighted by molar-refractivity contribution is -0.154. The molecule has 2 aromatic carbocycles. The van der Waals surface area contributed by atoms with E-state index in [0.29, 0.717) is 12.8 Å². The highest BCUT2D eigenvalue weighted by Gasteiger charge is 2.41. The Kier molecular flexibility index (Phi) is 5.33. The summed E-state index contributed by atoms with van der Waals surface area (Å²) in [7, 11) is 0. The van der Waals surface area contributed by atoms with E-state index >= 15 is 0 Å². The molecule has 0 bridgehead atoms. The maximum absolute atomic E-state index is 12.5. The summed E-state index contributed by atoms with van der Waals surface area (Å²) in [5.74, 6) is -1.45. The Labute approximate surface area is 186 Å². The van der Waals surface area contributed by atoms with Crippen molar-refractivity contribution < 1.29 is 24.2 Å². The van der Waals surface area contributed by atoms with Crippen molar-refractivity contribution in [3.05, 3.63) is 59.7 Å². The van der Waals surface area contributed by atoms with Crippen LogP contribution in [0.5, 0.6) is 0 Å². The number of carboxylic acids is 1. The standard InChI is InChI=1S/C25H26N2O5/c28-23(27-12-16(13-27)24(29)30)15-9-10-17(11-15)26-25(31)32-14-22-20-7-3-1-5-18(20)19-6-2-4-8-21(19)22/h1-8,15-17,22H,9-14H2,(H,26,31)(H,29,30)/t15-,17+/m0/s1. The highest BCUT2D eigenvalue weighted by molar-refractivity contribution is 5.83. The van der Waals surface area contributed by atoms with Crippen LogP contribution >= 0.6 is 0 Å². The molecule has 1 saturated heterocycles. The number of likely N-dealkylation sites (tertiary alicyclic amines) is 1. The number of alkyl carbamates (subject to hydrolysis) is 1. The number of carboxylic acid groups (broad SMARTS) is 1. The van der Waals surface area contributed by atoms with Gasteiger partial charge in [0.05, 0.1) is 5.92 Å². The Bertz CT molecular complexity index is 1020. The largest absolute Gasteiger partial charge is 0.481 e. The summed E-state index contributed by atoms with van der Waals surface area (Å²) in [6.45, 7) is 0.837. The molecule has 2 aliphatic carbocycles. The van der Waals surface area contributed by atoms with Crippen LogP contribution in [-0.2, 0) is 14.3 Å². The van der Waals surface area contributed by atoms with Crippen molar-refractivity contribution in [2.24, 2.45) is 11.8 Å². The first kappa shape index (κ1) is 20.5. The summed E-state index contributed by atoms with van der Waals surface area (Å²) in [5.41, 5.74) is 4.71. The molecular formula is C25H26N2O5.